The third-order valence-electron chi connectivity index (χ3n) is 3.65. The lowest BCUT2D eigenvalue weighted by atomic mass is 10.1. The molecule has 0 aliphatic heterocycles. The first-order valence-corrected chi connectivity index (χ1v) is 8.12. The van der Waals surface area contributed by atoms with Gasteiger partial charge in [0, 0.05) is 12.2 Å². The molecule has 2 aromatic carbocycles. The van der Waals surface area contributed by atoms with Crippen molar-refractivity contribution in [2.75, 3.05) is 19.0 Å². The number of para-hydroxylation sites is 2. The Hall–Kier alpha value is -3.02. The van der Waals surface area contributed by atoms with Crippen molar-refractivity contribution < 1.29 is 14.3 Å². The van der Waals surface area contributed by atoms with Crippen LogP contribution in [0.4, 0.5) is 10.5 Å². The Labute approximate surface area is 147 Å². The summed E-state index contributed by atoms with van der Waals surface area (Å²) in [5, 5.41) is 8.11. The zero-order valence-electron chi connectivity index (χ0n) is 14.4. The van der Waals surface area contributed by atoms with Crippen LogP contribution < -0.4 is 20.7 Å². The van der Waals surface area contributed by atoms with E-state index in [-0.39, 0.29) is 11.9 Å². The minimum Gasteiger partial charge on any atom is -0.496 e. The van der Waals surface area contributed by atoms with Gasteiger partial charge in [-0.15, -0.1) is 0 Å². The number of nitrogens with one attached hydrogen (secondary N) is 3. The molecule has 0 saturated heterocycles. The molecule has 0 heterocycles. The number of rotatable bonds is 7. The van der Waals surface area contributed by atoms with Gasteiger partial charge in [-0.25, -0.2) is 4.79 Å². The summed E-state index contributed by atoms with van der Waals surface area (Å²) in [7, 11) is 1.62. The van der Waals surface area contributed by atoms with Gasteiger partial charge in [-0.05, 0) is 37.1 Å². The van der Waals surface area contributed by atoms with Crippen LogP contribution in [-0.4, -0.2) is 31.6 Å². The number of carbonyl (C=O) groups excluding carboxylic acids is 2. The summed E-state index contributed by atoms with van der Waals surface area (Å²) in [6.07, 6.45) is 0.641. The molecule has 0 aromatic heterocycles. The predicted octanol–water partition coefficient (Wildman–Crippen LogP) is 2.56. The second-order valence-electron chi connectivity index (χ2n) is 5.54. The van der Waals surface area contributed by atoms with Gasteiger partial charge < -0.3 is 20.7 Å². The maximum Gasteiger partial charge on any atom is 0.315 e. The second kappa shape index (κ2) is 9.32. The fourth-order valence-corrected chi connectivity index (χ4v) is 2.31. The third-order valence-corrected chi connectivity index (χ3v) is 3.65. The van der Waals surface area contributed by atoms with E-state index in [0.717, 1.165) is 11.3 Å². The summed E-state index contributed by atoms with van der Waals surface area (Å²) in [6.45, 7) is 2.08. The highest BCUT2D eigenvalue weighted by atomic mass is 16.5. The maximum atomic E-state index is 12.1. The van der Waals surface area contributed by atoms with Gasteiger partial charge in [-0.3, -0.25) is 4.79 Å². The van der Waals surface area contributed by atoms with Crippen LogP contribution in [0, 0.1) is 0 Å². The molecule has 0 bridgehead atoms. The van der Waals surface area contributed by atoms with Crippen LogP contribution in [0.25, 0.3) is 0 Å². The van der Waals surface area contributed by atoms with E-state index in [2.05, 4.69) is 16.0 Å². The Bertz CT molecular complexity index is 704. The largest absolute Gasteiger partial charge is 0.496 e. The summed E-state index contributed by atoms with van der Waals surface area (Å²) < 4.78 is 5.27. The van der Waals surface area contributed by atoms with Gasteiger partial charge in [0.2, 0.25) is 5.91 Å². The van der Waals surface area contributed by atoms with E-state index in [1.807, 2.05) is 42.5 Å². The van der Waals surface area contributed by atoms with Crippen LogP contribution in [0.3, 0.4) is 0 Å². The lowest BCUT2D eigenvalue weighted by Crippen LogP contribution is -2.46. The molecular weight excluding hydrogens is 318 g/mol. The van der Waals surface area contributed by atoms with E-state index >= 15 is 0 Å². The summed E-state index contributed by atoms with van der Waals surface area (Å²) >= 11 is 0. The highest BCUT2D eigenvalue weighted by Crippen LogP contribution is 2.17. The van der Waals surface area contributed by atoms with Gasteiger partial charge >= 0.3 is 6.03 Å². The lowest BCUT2D eigenvalue weighted by molar-refractivity contribution is -0.117. The molecule has 2 rings (SSSR count). The topological polar surface area (TPSA) is 79.5 Å². The first-order chi connectivity index (χ1) is 12.1. The molecule has 0 aliphatic rings. The van der Waals surface area contributed by atoms with Gasteiger partial charge in [0.15, 0.2) is 0 Å². The number of hydrogen-bond acceptors (Lipinski definition) is 3. The molecule has 6 heteroatoms. The van der Waals surface area contributed by atoms with E-state index in [0.29, 0.717) is 18.7 Å². The zero-order valence-corrected chi connectivity index (χ0v) is 14.4. The Balaban J connectivity index is 1.75. The molecule has 3 N–H and O–H groups in total. The average Bonchev–Trinajstić information content (AvgIpc) is 2.63. The Morgan fingerprint density at radius 3 is 2.44 bits per heavy atom. The average molecular weight is 341 g/mol. The van der Waals surface area contributed by atoms with E-state index in [4.69, 9.17) is 4.74 Å². The van der Waals surface area contributed by atoms with Crippen LogP contribution in [-0.2, 0) is 11.2 Å². The third kappa shape index (κ3) is 5.84. The smallest absolute Gasteiger partial charge is 0.315 e. The van der Waals surface area contributed by atoms with Crippen molar-refractivity contribution in [3.8, 4) is 5.75 Å². The molecule has 1 atom stereocenters. The summed E-state index contributed by atoms with van der Waals surface area (Å²) in [4.78, 5) is 24.0. The summed E-state index contributed by atoms with van der Waals surface area (Å²) in [6, 6.07) is 15.7. The van der Waals surface area contributed by atoms with Crippen molar-refractivity contribution in [2.45, 2.75) is 19.4 Å². The van der Waals surface area contributed by atoms with Gasteiger partial charge in [0.05, 0.1) is 7.11 Å². The highest BCUT2D eigenvalue weighted by Gasteiger charge is 2.15. The Kier molecular flexibility index (Phi) is 6.83. The monoisotopic (exact) mass is 341 g/mol. The van der Waals surface area contributed by atoms with E-state index in [1.165, 1.54) is 0 Å². The first-order valence-electron chi connectivity index (χ1n) is 8.12. The fourth-order valence-electron chi connectivity index (χ4n) is 2.31. The van der Waals surface area contributed by atoms with Gasteiger partial charge in [0.1, 0.15) is 11.8 Å². The summed E-state index contributed by atoms with van der Waals surface area (Å²) in [5.41, 5.74) is 1.71. The van der Waals surface area contributed by atoms with Crippen LogP contribution in [0.15, 0.2) is 54.6 Å². The molecule has 2 aromatic rings. The lowest BCUT2D eigenvalue weighted by Gasteiger charge is -2.15. The quantitative estimate of drug-likeness (QED) is 0.724. The van der Waals surface area contributed by atoms with Crippen LogP contribution in [0.2, 0.25) is 0 Å². The minimum atomic E-state index is -0.647. The standard InChI is InChI=1S/C19H23N3O3/c1-14(18(23)22-16-9-4-3-5-10-16)21-19(24)20-13-12-15-8-6-7-11-17(15)25-2/h3-11,14H,12-13H2,1-2H3,(H,22,23)(H2,20,21,24)/t14-/m1/s1. The number of anilines is 1. The van der Waals surface area contributed by atoms with Crippen molar-refractivity contribution in [3.63, 3.8) is 0 Å². The molecule has 132 valence electrons. The SMILES string of the molecule is COc1ccccc1CCNC(=O)N[C@H](C)C(=O)Nc1ccccc1. The van der Waals surface area contributed by atoms with Gasteiger partial charge in [-0.2, -0.15) is 0 Å². The number of ether oxygens (including phenoxy) is 1. The van der Waals surface area contributed by atoms with Gasteiger partial charge in [0.25, 0.3) is 0 Å². The Morgan fingerprint density at radius 2 is 1.72 bits per heavy atom. The first kappa shape index (κ1) is 18.3. The number of carbonyl (C=O) groups is 2. The zero-order chi connectivity index (χ0) is 18.1. The Morgan fingerprint density at radius 1 is 1.04 bits per heavy atom. The molecule has 25 heavy (non-hydrogen) atoms. The molecule has 3 amide bonds. The van der Waals surface area contributed by atoms with E-state index in [1.54, 1.807) is 26.2 Å². The van der Waals surface area contributed by atoms with Crippen molar-refractivity contribution in [1.82, 2.24) is 10.6 Å². The van der Waals surface area contributed by atoms with E-state index < -0.39 is 6.04 Å². The molecule has 0 radical (unpaired) electrons. The van der Waals surface area contributed by atoms with Crippen molar-refractivity contribution in [2.24, 2.45) is 0 Å². The van der Waals surface area contributed by atoms with Crippen LogP contribution >= 0.6 is 0 Å². The molecule has 0 fully saturated rings. The highest BCUT2D eigenvalue weighted by molar-refractivity contribution is 5.96. The normalized spacial score (nSPS) is 11.3. The van der Waals surface area contributed by atoms with Crippen molar-refractivity contribution in [1.29, 1.82) is 0 Å². The van der Waals surface area contributed by atoms with E-state index in [9.17, 15) is 9.59 Å². The maximum absolute atomic E-state index is 12.1. The number of methoxy groups -OCH3 is 1. The predicted molar refractivity (Wildman–Crippen MR) is 97.8 cm³/mol. The van der Waals surface area contributed by atoms with Crippen molar-refractivity contribution in [3.05, 3.63) is 60.2 Å². The number of benzene rings is 2. The molecular formula is C19H23N3O3. The summed E-state index contributed by atoms with van der Waals surface area (Å²) in [5.74, 6) is 0.520. The number of urea groups is 1. The second-order valence-corrected chi connectivity index (χ2v) is 5.54. The molecule has 0 aliphatic carbocycles. The molecule has 6 nitrogen and oxygen atoms in total. The van der Waals surface area contributed by atoms with Crippen LogP contribution in [0.1, 0.15) is 12.5 Å². The molecule has 0 saturated carbocycles. The van der Waals surface area contributed by atoms with Crippen LogP contribution in [0.5, 0.6) is 5.75 Å². The number of amides is 3. The number of hydrogen-bond donors (Lipinski definition) is 3. The fraction of sp³-hybridized carbons (Fsp3) is 0.263. The molecule has 0 spiro atoms. The minimum absolute atomic E-state index is 0.272. The molecule has 0 unspecified atom stereocenters. The van der Waals surface area contributed by atoms with Gasteiger partial charge in [-0.1, -0.05) is 36.4 Å². The van der Waals surface area contributed by atoms with Crippen molar-refractivity contribution >= 4 is 17.6 Å².